The molecule has 2 aromatic rings. The summed E-state index contributed by atoms with van der Waals surface area (Å²) >= 11 is 11.9. The number of rotatable bonds is 4. The Balaban J connectivity index is 1.46. The molecule has 2 aliphatic heterocycles. The van der Waals surface area contributed by atoms with Crippen molar-refractivity contribution >= 4 is 33.2 Å². The van der Waals surface area contributed by atoms with E-state index in [-0.39, 0.29) is 51.6 Å². The van der Waals surface area contributed by atoms with Gasteiger partial charge in [0.15, 0.2) is 11.5 Å². The van der Waals surface area contributed by atoms with E-state index in [0.717, 1.165) is 6.42 Å². The smallest absolute Gasteiger partial charge is 0.243 e. The van der Waals surface area contributed by atoms with Crippen LogP contribution in [-0.4, -0.2) is 67.2 Å². The van der Waals surface area contributed by atoms with Crippen LogP contribution in [0.25, 0.3) is 0 Å². The van der Waals surface area contributed by atoms with E-state index in [0.29, 0.717) is 37.8 Å². The third kappa shape index (κ3) is 4.51. The van der Waals surface area contributed by atoms with Crippen LogP contribution in [0.15, 0.2) is 29.2 Å². The minimum Gasteiger partial charge on any atom is -0.506 e. The molecule has 168 valence electrons. The molecule has 0 aromatic heterocycles. The fourth-order valence-corrected chi connectivity index (χ4v) is 5.54. The number of hydrogen-bond acceptors (Lipinski definition) is 7. The number of fused-ring (bicyclic) bond motifs is 1. The molecule has 11 heteroatoms. The number of halogens is 2. The molecular formula is C20H22Cl2N2O6S. The molecule has 0 amide bonds. The van der Waals surface area contributed by atoms with Gasteiger partial charge in [-0.05, 0) is 18.2 Å². The first-order chi connectivity index (χ1) is 14.8. The fraction of sp³-hybridized carbons (Fsp3) is 0.400. The lowest BCUT2D eigenvalue weighted by atomic mass is 10.1. The molecule has 4 rings (SSSR count). The van der Waals surface area contributed by atoms with E-state index < -0.39 is 10.0 Å². The quantitative estimate of drug-likeness (QED) is 0.681. The van der Waals surface area contributed by atoms with Crippen LogP contribution in [0.1, 0.15) is 12.0 Å². The summed E-state index contributed by atoms with van der Waals surface area (Å²) < 4.78 is 38.8. The normalized spacial score (nSPS) is 18.0. The summed E-state index contributed by atoms with van der Waals surface area (Å²) in [4.78, 5) is 2.07. The van der Waals surface area contributed by atoms with Crippen LogP contribution in [0.2, 0.25) is 10.0 Å². The van der Waals surface area contributed by atoms with E-state index in [1.807, 2.05) is 4.90 Å². The van der Waals surface area contributed by atoms with Gasteiger partial charge in [0.2, 0.25) is 10.0 Å². The number of piperazine rings is 1. The molecule has 1 fully saturated rings. The maximum atomic E-state index is 13.1. The van der Waals surface area contributed by atoms with Gasteiger partial charge in [-0.1, -0.05) is 23.2 Å². The largest absolute Gasteiger partial charge is 0.506 e. The van der Waals surface area contributed by atoms with E-state index >= 15 is 0 Å². The summed E-state index contributed by atoms with van der Waals surface area (Å²) in [6.07, 6.45) is 0.738. The van der Waals surface area contributed by atoms with Crippen LogP contribution in [0, 0.1) is 0 Å². The second-order valence-electron chi connectivity index (χ2n) is 7.36. The van der Waals surface area contributed by atoms with Gasteiger partial charge in [0.1, 0.15) is 11.5 Å². The first-order valence-electron chi connectivity index (χ1n) is 9.78. The number of hydrogen-bond donors (Lipinski definition) is 2. The molecule has 0 spiro atoms. The molecule has 0 unspecified atom stereocenters. The van der Waals surface area contributed by atoms with Crippen molar-refractivity contribution in [2.75, 3.05) is 39.4 Å². The molecule has 2 aromatic carbocycles. The summed E-state index contributed by atoms with van der Waals surface area (Å²) in [5.74, 6) is 0.513. The molecule has 2 aliphatic rings. The lowest BCUT2D eigenvalue weighted by Crippen LogP contribution is -2.48. The molecule has 0 bridgehead atoms. The van der Waals surface area contributed by atoms with Gasteiger partial charge in [-0.2, -0.15) is 4.31 Å². The predicted molar refractivity (Wildman–Crippen MR) is 116 cm³/mol. The van der Waals surface area contributed by atoms with Crippen molar-refractivity contribution in [2.45, 2.75) is 17.9 Å². The van der Waals surface area contributed by atoms with Crippen LogP contribution in [0.5, 0.6) is 23.0 Å². The van der Waals surface area contributed by atoms with Gasteiger partial charge < -0.3 is 19.7 Å². The molecule has 0 radical (unpaired) electrons. The number of sulfonamides is 1. The average Bonchev–Trinajstić information content (AvgIpc) is 3.00. The van der Waals surface area contributed by atoms with Gasteiger partial charge in [0.25, 0.3) is 0 Å². The van der Waals surface area contributed by atoms with E-state index in [9.17, 15) is 18.6 Å². The first kappa shape index (κ1) is 22.3. The summed E-state index contributed by atoms with van der Waals surface area (Å²) in [6.45, 7) is 2.53. The topological polar surface area (TPSA) is 99.5 Å². The Morgan fingerprint density at radius 1 is 0.903 bits per heavy atom. The summed E-state index contributed by atoms with van der Waals surface area (Å²) in [5.41, 5.74) is 0.219. The number of phenolic OH excluding ortho intramolecular Hbond substituents is 2. The highest BCUT2D eigenvalue weighted by Gasteiger charge is 2.30. The van der Waals surface area contributed by atoms with Gasteiger partial charge in [0, 0.05) is 45.2 Å². The number of nitrogens with zero attached hydrogens (tertiary/aromatic N) is 2. The standard InChI is InChI=1S/C20H22Cl2N2O6S/c21-15-11-16(22)20(26)14(19(15)25)12-23-4-6-24(7-5-23)31(27,28)13-2-3-17-18(10-13)30-9-1-8-29-17/h2-3,10-11,25-26H,1,4-9,12H2. The molecule has 0 saturated carbocycles. The number of ether oxygens (including phenoxy) is 2. The van der Waals surface area contributed by atoms with Crippen LogP contribution in [0.3, 0.4) is 0 Å². The predicted octanol–water partition coefficient (Wildman–Crippen LogP) is 3.07. The minimum absolute atomic E-state index is 0.0495. The third-order valence-electron chi connectivity index (χ3n) is 5.35. The summed E-state index contributed by atoms with van der Waals surface area (Å²) in [5, 5.41) is 20.4. The van der Waals surface area contributed by atoms with Crippen molar-refractivity contribution in [2.24, 2.45) is 0 Å². The Bertz CT molecular complexity index is 1060. The zero-order chi connectivity index (χ0) is 22.2. The Morgan fingerprint density at radius 3 is 2.16 bits per heavy atom. The molecule has 31 heavy (non-hydrogen) atoms. The number of phenols is 2. The average molecular weight is 489 g/mol. The van der Waals surface area contributed by atoms with Gasteiger partial charge in [-0.25, -0.2) is 8.42 Å². The Kier molecular flexibility index (Phi) is 6.41. The van der Waals surface area contributed by atoms with Crippen molar-refractivity contribution < 1.29 is 28.1 Å². The molecule has 2 N–H and O–H groups in total. The second-order valence-corrected chi connectivity index (χ2v) is 10.1. The van der Waals surface area contributed by atoms with Crippen molar-refractivity contribution in [1.29, 1.82) is 0 Å². The van der Waals surface area contributed by atoms with E-state index in [2.05, 4.69) is 0 Å². The van der Waals surface area contributed by atoms with Crippen LogP contribution >= 0.6 is 23.2 Å². The zero-order valence-electron chi connectivity index (χ0n) is 16.6. The molecule has 0 atom stereocenters. The Morgan fingerprint density at radius 2 is 1.52 bits per heavy atom. The third-order valence-corrected chi connectivity index (χ3v) is 7.82. The Labute approximate surface area is 190 Å². The highest BCUT2D eigenvalue weighted by atomic mass is 35.5. The lowest BCUT2D eigenvalue weighted by molar-refractivity contribution is 0.178. The summed E-state index contributed by atoms with van der Waals surface area (Å²) in [6, 6.07) is 5.93. The van der Waals surface area contributed by atoms with Crippen LogP contribution in [-0.2, 0) is 16.6 Å². The number of aromatic hydroxyl groups is 2. The van der Waals surface area contributed by atoms with Gasteiger partial charge >= 0.3 is 0 Å². The maximum absolute atomic E-state index is 13.1. The van der Waals surface area contributed by atoms with Crippen molar-refractivity contribution in [3.8, 4) is 23.0 Å². The van der Waals surface area contributed by atoms with Gasteiger partial charge in [0.05, 0.1) is 33.7 Å². The second kappa shape index (κ2) is 8.91. The van der Waals surface area contributed by atoms with Crippen molar-refractivity contribution in [3.63, 3.8) is 0 Å². The van der Waals surface area contributed by atoms with Crippen LogP contribution < -0.4 is 9.47 Å². The fourth-order valence-electron chi connectivity index (χ4n) is 3.60. The monoisotopic (exact) mass is 488 g/mol. The lowest BCUT2D eigenvalue weighted by Gasteiger charge is -2.34. The molecular weight excluding hydrogens is 467 g/mol. The van der Waals surface area contributed by atoms with Gasteiger partial charge in [-0.3, -0.25) is 4.90 Å². The maximum Gasteiger partial charge on any atom is 0.243 e. The van der Waals surface area contributed by atoms with Crippen molar-refractivity contribution in [3.05, 3.63) is 39.9 Å². The van der Waals surface area contributed by atoms with Crippen LogP contribution in [0.4, 0.5) is 0 Å². The van der Waals surface area contributed by atoms with Gasteiger partial charge in [-0.15, -0.1) is 0 Å². The zero-order valence-corrected chi connectivity index (χ0v) is 18.9. The first-order valence-corrected chi connectivity index (χ1v) is 12.0. The molecule has 0 aliphatic carbocycles. The van der Waals surface area contributed by atoms with E-state index in [4.69, 9.17) is 32.7 Å². The summed E-state index contributed by atoms with van der Waals surface area (Å²) in [7, 11) is -3.70. The minimum atomic E-state index is -3.70. The highest BCUT2D eigenvalue weighted by Crippen LogP contribution is 2.40. The number of benzene rings is 2. The molecule has 1 saturated heterocycles. The molecule has 8 nitrogen and oxygen atoms in total. The highest BCUT2D eigenvalue weighted by molar-refractivity contribution is 7.89. The van der Waals surface area contributed by atoms with Crippen molar-refractivity contribution in [1.82, 2.24) is 9.21 Å². The van der Waals surface area contributed by atoms with E-state index in [1.165, 1.54) is 22.5 Å². The SMILES string of the molecule is O=S(=O)(c1ccc2c(c1)OCCCO2)N1CCN(Cc2c(O)c(Cl)cc(Cl)c2O)CC1. The van der Waals surface area contributed by atoms with E-state index in [1.54, 1.807) is 6.07 Å². The molecule has 2 heterocycles. The Hall–Kier alpha value is -1.91.